The van der Waals surface area contributed by atoms with Crippen molar-refractivity contribution in [1.29, 1.82) is 0 Å². The van der Waals surface area contributed by atoms with Gasteiger partial charge in [0.25, 0.3) is 0 Å². The number of rotatable bonds is 7. The first-order valence-electron chi connectivity index (χ1n) is 12.2. The van der Waals surface area contributed by atoms with Crippen LogP contribution >= 0.6 is 0 Å². The summed E-state index contributed by atoms with van der Waals surface area (Å²) in [4.78, 5) is 13.1. The van der Waals surface area contributed by atoms with E-state index in [9.17, 15) is 18.0 Å². The van der Waals surface area contributed by atoms with E-state index in [4.69, 9.17) is 4.74 Å². The second-order valence-electron chi connectivity index (χ2n) is 8.94. The van der Waals surface area contributed by atoms with E-state index in [1.54, 1.807) is 36.4 Å². The van der Waals surface area contributed by atoms with Crippen LogP contribution in [0.5, 0.6) is 17.2 Å². The molecule has 9 heteroatoms. The quantitative estimate of drug-likeness (QED) is 0.268. The predicted molar refractivity (Wildman–Crippen MR) is 142 cm³/mol. The molecule has 198 valence electrons. The average Bonchev–Trinajstić information content (AvgIpc) is 3.37. The van der Waals surface area contributed by atoms with Crippen LogP contribution in [0.25, 0.3) is 0 Å². The Morgan fingerprint density at radius 1 is 0.872 bits per heavy atom. The molecule has 39 heavy (non-hydrogen) atoms. The summed E-state index contributed by atoms with van der Waals surface area (Å²) in [6, 6.07) is 26.2. The lowest BCUT2D eigenvalue weighted by Crippen LogP contribution is -2.30. The number of anilines is 1. The average molecular weight is 532 g/mol. The fourth-order valence-electron chi connectivity index (χ4n) is 4.19. The lowest BCUT2D eigenvalue weighted by molar-refractivity contribution is -0.0498. The fourth-order valence-corrected chi connectivity index (χ4v) is 4.19. The van der Waals surface area contributed by atoms with Crippen molar-refractivity contribution in [1.82, 2.24) is 5.01 Å². The molecule has 0 fully saturated rings. The van der Waals surface area contributed by atoms with Crippen LogP contribution in [-0.4, -0.2) is 29.9 Å². The summed E-state index contributed by atoms with van der Waals surface area (Å²) in [5.74, 6) is 0.424. The second-order valence-corrected chi connectivity index (χ2v) is 8.94. The maximum absolute atomic E-state index is 13.5. The van der Waals surface area contributed by atoms with E-state index in [1.165, 1.54) is 41.4 Å². The number of hydrogen-bond donors (Lipinski definition) is 1. The molecule has 1 N–H and O–H groups in total. The lowest BCUT2D eigenvalue weighted by atomic mass is 9.90. The number of halogens is 3. The minimum Gasteiger partial charge on any atom is -0.457 e. The summed E-state index contributed by atoms with van der Waals surface area (Å²) in [6.07, 6.45) is 0. The normalized spacial score (nSPS) is 14.7. The molecule has 1 atom stereocenters. The van der Waals surface area contributed by atoms with Crippen LogP contribution < -0.4 is 14.8 Å². The van der Waals surface area contributed by atoms with Crippen molar-refractivity contribution >= 4 is 17.4 Å². The van der Waals surface area contributed by atoms with Gasteiger partial charge in [0.1, 0.15) is 23.1 Å². The van der Waals surface area contributed by atoms with Gasteiger partial charge in [-0.2, -0.15) is 13.9 Å². The minimum absolute atomic E-state index is 0.0344. The zero-order chi connectivity index (χ0) is 27.4. The number of carbonyl (C=O) groups excluding carboxylic acids is 1. The van der Waals surface area contributed by atoms with Gasteiger partial charge in [-0.15, -0.1) is 0 Å². The number of benzene rings is 4. The molecule has 6 nitrogen and oxygen atoms in total. The van der Waals surface area contributed by atoms with Gasteiger partial charge in [-0.25, -0.2) is 14.2 Å². The maximum atomic E-state index is 13.5. The third kappa shape index (κ3) is 6.38. The SMILES string of the molecule is Cc1ccc(C2=NN(C(=O)Nc3ccc(Oc4ccc(OC(F)F)cc4)cc3)CC2c2ccc(F)cc2)cc1. The Morgan fingerprint density at radius 2 is 1.46 bits per heavy atom. The third-order valence-electron chi connectivity index (χ3n) is 6.16. The molecule has 1 aliphatic heterocycles. The summed E-state index contributed by atoms with van der Waals surface area (Å²) in [7, 11) is 0. The number of aryl methyl sites for hydroxylation is 1. The van der Waals surface area contributed by atoms with Crippen LogP contribution in [0.2, 0.25) is 0 Å². The Morgan fingerprint density at radius 3 is 2.08 bits per heavy atom. The molecule has 1 aliphatic rings. The first-order valence-corrected chi connectivity index (χ1v) is 12.2. The molecular formula is C30H24F3N3O3. The summed E-state index contributed by atoms with van der Waals surface area (Å²) in [5, 5.41) is 8.84. The Balaban J connectivity index is 1.27. The molecule has 2 amide bonds. The van der Waals surface area contributed by atoms with Crippen molar-refractivity contribution in [2.45, 2.75) is 19.5 Å². The summed E-state index contributed by atoms with van der Waals surface area (Å²) in [6.45, 7) is -0.601. The van der Waals surface area contributed by atoms with Gasteiger partial charge in [-0.05, 0) is 78.7 Å². The molecule has 1 unspecified atom stereocenters. The number of alkyl halides is 2. The maximum Gasteiger partial charge on any atom is 0.387 e. The van der Waals surface area contributed by atoms with Gasteiger partial charge in [-0.1, -0.05) is 42.0 Å². The molecule has 4 aromatic rings. The molecule has 0 aromatic heterocycles. The van der Waals surface area contributed by atoms with Gasteiger partial charge in [0.15, 0.2) is 0 Å². The molecular weight excluding hydrogens is 507 g/mol. The van der Waals surface area contributed by atoms with Gasteiger partial charge < -0.3 is 14.8 Å². The van der Waals surface area contributed by atoms with Crippen LogP contribution in [0.15, 0.2) is 102 Å². The fraction of sp³-hybridized carbons (Fsp3) is 0.133. The van der Waals surface area contributed by atoms with Crippen molar-refractivity contribution < 1.29 is 27.4 Å². The largest absolute Gasteiger partial charge is 0.457 e. The number of hydrogen-bond acceptors (Lipinski definition) is 4. The van der Waals surface area contributed by atoms with E-state index in [0.29, 0.717) is 23.7 Å². The zero-order valence-electron chi connectivity index (χ0n) is 20.9. The highest BCUT2D eigenvalue weighted by Crippen LogP contribution is 2.30. The summed E-state index contributed by atoms with van der Waals surface area (Å²) < 4.78 is 48.2. The Bertz CT molecular complexity index is 1460. The predicted octanol–water partition coefficient (Wildman–Crippen LogP) is 7.56. The molecule has 0 aliphatic carbocycles. The molecule has 0 bridgehead atoms. The summed E-state index contributed by atoms with van der Waals surface area (Å²) >= 11 is 0. The monoisotopic (exact) mass is 531 g/mol. The van der Waals surface area contributed by atoms with E-state index in [2.05, 4.69) is 15.2 Å². The summed E-state index contributed by atoms with van der Waals surface area (Å²) in [5.41, 5.74) is 4.12. The van der Waals surface area contributed by atoms with Gasteiger partial charge in [0, 0.05) is 11.6 Å². The van der Waals surface area contributed by atoms with Crippen LogP contribution in [0.1, 0.15) is 22.6 Å². The number of hydrazone groups is 1. The van der Waals surface area contributed by atoms with Crippen molar-refractivity contribution in [3.05, 3.63) is 120 Å². The van der Waals surface area contributed by atoms with Gasteiger partial charge in [0.05, 0.1) is 12.3 Å². The van der Waals surface area contributed by atoms with Crippen LogP contribution in [-0.2, 0) is 0 Å². The Labute approximate surface area is 223 Å². The highest BCUT2D eigenvalue weighted by atomic mass is 19.3. The van der Waals surface area contributed by atoms with Crippen molar-refractivity contribution in [2.75, 3.05) is 11.9 Å². The van der Waals surface area contributed by atoms with E-state index in [1.807, 2.05) is 31.2 Å². The zero-order valence-corrected chi connectivity index (χ0v) is 20.9. The number of nitrogens with zero attached hydrogens (tertiary/aromatic N) is 2. The minimum atomic E-state index is -2.89. The topological polar surface area (TPSA) is 63.2 Å². The van der Waals surface area contributed by atoms with E-state index in [0.717, 1.165) is 22.4 Å². The van der Waals surface area contributed by atoms with E-state index >= 15 is 0 Å². The third-order valence-corrected chi connectivity index (χ3v) is 6.16. The molecule has 4 aromatic carbocycles. The number of ether oxygens (including phenoxy) is 2. The first-order chi connectivity index (χ1) is 18.8. The Hall–Kier alpha value is -4.79. The number of amides is 2. The van der Waals surface area contributed by atoms with Crippen molar-refractivity contribution in [2.24, 2.45) is 5.10 Å². The van der Waals surface area contributed by atoms with E-state index in [-0.39, 0.29) is 17.5 Å². The number of urea groups is 1. The van der Waals surface area contributed by atoms with Gasteiger partial charge in [-0.3, -0.25) is 0 Å². The molecule has 0 radical (unpaired) electrons. The lowest BCUT2D eigenvalue weighted by Gasteiger charge is -2.16. The second kappa shape index (κ2) is 11.3. The van der Waals surface area contributed by atoms with Crippen molar-refractivity contribution in [3.63, 3.8) is 0 Å². The molecule has 5 rings (SSSR count). The number of nitrogens with one attached hydrogen (secondary N) is 1. The number of carbonyl (C=O) groups is 1. The molecule has 0 spiro atoms. The first kappa shape index (κ1) is 25.8. The van der Waals surface area contributed by atoms with Gasteiger partial charge in [0.2, 0.25) is 0 Å². The van der Waals surface area contributed by atoms with Crippen LogP contribution in [0.3, 0.4) is 0 Å². The standard InChI is InChI=1S/C30H24F3N3O3/c1-19-2-4-21(5-3-19)28-27(20-6-8-22(31)9-7-20)18-36(35-28)30(37)34-23-10-12-24(13-11-23)38-25-14-16-26(17-15-25)39-29(32)33/h2-17,27,29H,18H2,1H3,(H,34,37). The highest BCUT2D eigenvalue weighted by Gasteiger charge is 2.32. The van der Waals surface area contributed by atoms with Crippen LogP contribution in [0.4, 0.5) is 23.7 Å². The van der Waals surface area contributed by atoms with Gasteiger partial charge >= 0.3 is 12.6 Å². The van der Waals surface area contributed by atoms with E-state index < -0.39 is 12.6 Å². The van der Waals surface area contributed by atoms with Crippen molar-refractivity contribution in [3.8, 4) is 17.2 Å². The highest BCUT2D eigenvalue weighted by molar-refractivity contribution is 6.07. The Kier molecular flexibility index (Phi) is 7.49. The molecule has 0 saturated carbocycles. The van der Waals surface area contributed by atoms with Crippen LogP contribution in [0, 0.1) is 12.7 Å². The smallest absolute Gasteiger partial charge is 0.387 e. The molecule has 0 saturated heterocycles. The molecule has 1 heterocycles.